The Morgan fingerprint density at radius 3 is 2.58 bits per heavy atom. The first-order valence-corrected chi connectivity index (χ1v) is 6.21. The van der Waals surface area contributed by atoms with Crippen molar-refractivity contribution < 1.29 is 13.2 Å². The molecule has 0 atom stereocenters. The molecule has 2 N–H and O–H groups in total. The zero-order chi connectivity index (χ0) is 14.6. The van der Waals surface area contributed by atoms with Crippen LogP contribution in [0.1, 0.15) is 25.8 Å². The highest BCUT2D eigenvalue weighted by Crippen LogP contribution is 2.35. The Morgan fingerprint density at radius 1 is 1.47 bits per heavy atom. The van der Waals surface area contributed by atoms with E-state index in [1.165, 1.54) is 12.3 Å². The zero-order valence-corrected chi connectivity index (χ0v) is 11.6. The minimum absolute atomic E-state index is 0.0822. The Kier molecular flexibility index (Phi) is 5.11. The van der Waals surface area contributed by atoms with Crippen LogP contribution in [-0.4, -0.2) is 22.6 Å². The van der Waals surface area contributed by atoms with Gasteiger partial charge in [-0.3, -0.25) is 0 Å². The standard InChI is InChI=1S/C12H16F3N3S/c1-8(2)18(7-5-10(16)19)11-9(12(13,14)15)4-3-6-17-11/h3-4,6,8H,5,7H2,1-2H3,(H2,16,19). The predicted molar refractivity (Wildman–Crippen MR) is 73.1 cm³/mol. The number of rotatable bonds is 5. The molecule has 3 nitrogen and oxygen atoms in total. The quantitative estimate of drug-likeness (QED) is 0.847. The number of nitrogens with zero attached hydrogens (tertiary/aromatic N) is 2. The van der Waals surface area contributed by atoms with Crippen molar-refractivity contribution in [2.45, 2.75) is 32.5 Å². The normalized spacial score (nSPS) is 11.7. The van der Waals surface area contributed by atoms with Crippen LogP contribution in [0.2, 0.25) is 0 Å². The molecule has 0 aliphatic heterocycles. The van der Waals surface area contributed by atoms with Crippen LogP contribution < -0.4 is 10.6 Å². The molecule has 0 saturated heterocycles. The fourth-order valence-corrected chi connectivity index (χ4v) is 1.78. The second kappa shape index (κ2) is 6.18. The highest BCUT2D eigenvalue weighted by molar-refractivity contribution is 7.80. The molecule has 7 heteroatoms. The van der Waals surface area contributed by atoms with Gasteiger partial charge in [0.05, 0.1) is 10.6 Å². The Balaban J connectivity index is 3.12. The van der Waals surface area contributed by atoms with Gasteiger partial charge in [-0.15, -0.1) is 0 Å². The molecule has 0 aliphatic rings. The smallest absolute Gasteiger partial charge is 0.393 e. The van der Waals surface area contributed by atoms with Gasteiger partial charge in [0.1, 0.15) is 5.82 Å². The molecule has 0 unspecified atom stereocenters. The van der Waals surface area contributed by atoms with Crippen LogP contribution in [0.25, 0.3) is 0 Å². The maximum absolute atomic E-state index is 13.0. The number of anilines is 1. The number of alkyl halides is 3. The van der Waals surface area contributed by atoms with Crippen LogP contribution in [0.5, 0.6) is 0 Å². The molecular formula is C12H16F3N3S. The van der Waals surface area contributed by atoms with Crippen LogP contribution in [-0.2, 0) is 6.18 Å². The number of hydrogen-bond acceptors (Lipinski definition) is 3. The van der Waals surface area contributed by atoms with E-state index in [1.54, 1.807) is 18.7 Å². The van der Waals surface area contributed by atoms with Gasteiger partial charge >= 0.3 is 6.18 Å². The van der Waals surface area contributed by atoms with Crippen molar-refractivity contribution in [2.75, 3.05) is 11.4 Å². The minimum Gasteiger partial charge on any atom is -0.393 e. The molecule has 19 heavy (non-hydrogen) atoms. The van der Waals surface area contributed by atoms with E-state index in [-0.39, 0.29) is 16.8 Å². The summed E-state index contributed by atoms with van der Waals surface area (Å²) in [6.45, 7) is 3.91. The van der Waals surface area contributed by atoms with Gasteiger partial charge in [-0.1, -0.05) is 12.2 Å². The molecule has 0 fully saturated rings. The van der Waals surface area contributed by atoms with Crippen molar-refractivity contribution in [1.82, 2.24) is 4.98 Å². The van der Waals surface area contributed by atoms with Crippen LogP contribution in [0, 0.1) is 0 Å². The van der Waals surface area contributed by atoms with E-state index >= 15 is 0 Å². The lowest BCUT2D eigenvalue weighted by Gasteiger charge is -2.29. The van der Waals surface area contributed by atoms with Crippen molar-refractivity contribution in [3.8, 4) is 0 Å². The summed E-state index contributed by atoms with van der Waals surface area (Å²) in [5.41, 5.74) is 4.66. The Bertz CT molecular complexity index is 446. The topological polar surface area (TPSA) is 42.1 Å². The number of thiocarbonyl (C=S) groups is 1. The zero-order valence-electron chi connectivity index (χ0n) is 10.7. The summed E-state index contributed by atoms with van der Waals surface area (Å²) < 4.78 is 38.9. The number of halogens is 3. The molecule has 1 aromatic rings. The number of nitrogens with two attached hydrogens (primary N) is 1. The van der Waals surface area contributed by atoms with Gasteiger partial charge < -0.3 is 10.6 Å². The van der Waals surface area contributed by atoms with Crippen molar-refractivity contribution in [3.05, 3.63) is 23.9 Å². The van der Waals surface area contributed by atoms with E-state index < -0.39 is 11.7 Å². The summed E-state index contributed by atoms with van der Waals surface area (Å²) >= 11 is 4.77. The molecule has 1 heterocycles. The SMILES string of the molecule is CC(C)N(CCC(N)=S)c1ncccc1C(F)(F)F. The first-order valence-electron chi connectivity index (χ1n) is 5.80. The lowest BCUT2D eigenvalue weighted by Crippen LogP contribution is -2.35. The van der Waals surface area contributed by atoms with Gasteiger partial charge in [0.15, 0.2) is 0 Å². The second-order valence-electron chi connectivity index (χ2n) is 4.38. The number of pyridine rings is 1. The van der Waals surface area contributed by atoms with Gasteiger partial charge in [-0.2, -0.15) is 13.2 Å². The molecule has 0 bridgehead atoms. The largest absolute Gasteiger partial charge is 0.419 e. The highest BCUT2D eigenvalue weighted by Gasteiger charge is 2.36. The van der Waals surface area contributed by atoms with Gasteiger partial charge in [0, 0.05) is 25.2 Å². The molecule has 0 aliphatic carbocycles. The van der Waals surface area contributed by atoms with Crippen LogP contribution in [0.15, 0.2) is 18.3 Å². The van der Waals surface area contributed by atoms with E-state index in [0.29, 0.717) is 13.0 Å². The Morgan fingerprint density at radius 2 is 2.11 bits per heavy atom. The van der Waals surface area contributed by atoms with Gasteiger partial charge in [-0.25, -0.2) is 4.98 Å². The average molecular weight is 291 g/mol. The number of aromatic nitrogens is 1. The van der Waals surface area contributed by atoms with Crippen molar-refractivity contribution in [2.24, 2.45) is 5.73 Å². The summed E-state index contributed by atoms with van der Waals surface area (Å²) in [6.07, 6.45) is -2.73. The summed E-state index contributed by atoms with van der Waals surface area (Å²) in [4.78, 5) is 5.70. The number of hydrogen-bond donors (Lipinski definition) is 1. The van der Waals surface area contributed by atoms with Crippen molar-refractivity contribution in [3.63, 3.8) is 0 Å². The third-order valence-electron chi connectivity index (χ3n) is 2.59. The van der Waals surface area contributed by atoms with E-state index in [2.05, 4.69) is 4.98 Å². The average Bonchev–Trinajstić information content (AvgIpc) is 2.27. The van der Waals surface area contributed by atoms with Crippen molar-refractivity contribution >= 4 is 23.0 Å². The molecule has 0 saturated carbocycles. The van der Waals surface area contributed by atoms with Crippen molar-refractivity contribution in [1.29, 1.82) is 0 Å². The molecule has 1 rings (SSSR count). The fraction of sp³-hybridized carbons (Fsp3) is 0.500. The van der Waals surface area contributed by atoms with Gasteiger partial charge in [-0.05, 0) is 26.0 Å². The minimum atomic E-state index is -4.43. The summed E-state index contributed by atoms with van der Waals surface area (Å²) in [5, 5.41) is 0. The first-order chi connectivity index (χ1) is 8.73. The predicted octanol–water partition coefficient (Wildman–Crippen LogP) is 2.99. The third kappa shape index (κ3) is 4.34. The molecular weight excluding hydrogens is 275 g/mol. The Hall–Kier alpha value is -1.37. The van der Waals surface area contributed by atoms with Gasteiger partial charge in [0.25, 0.3) is 0 Å². The molecule has 106 valence electrons. The highest BCUT2D eigenvalue weighted by atomic mass is 32.1. The molecule has 0 radical (unpaired) electrons. The van der Waals surface area contributed by atoms with Crippen LogP contribution in [0.4, 0.5) is 19.0 Å². The molecule has 0 spiro atoms. The maximum atomic E-state index is 13.0. The summed E-state index contributed by atoms with van der Waals surface area (Å²) in [5.74, 6) is -0.0822. The fourth-order valence-electron chi connectivity index (χ4n) is 1.69. The first kappa shape index (κ1) is 15.7. The second-order valence-corrected chi connectivity index (χ2v) is 4.90. The molecule has 0 aromatic carbocycles. The van der Waals surface area contributed by atoms with Crippen LogP contribution >= 0.6 is 12.2 Å². The van der Waals surface area contributed by atoms with E-state index in [4.69, 9.17) is 18.0 Å². The van der Waals surface area contributed by atoms with E-state index in [0.717, 1.165) is 6.07 Å². The summed E-state index contributed by atoms with van der Waals surface area (Å²) in [6, 6.07) is 2.17. The van der Waals surface area contributed by atoms with E-state index in [9.17, 15) is 13.2 Å². The summed E-state index contributed by atoms with van der Waals surface area (Å²) in [7, 11) is 0. The Labute approximate surface area is 115 Å². The lowest BCUT2D eigenvalue weighted by molar-refractivity contribution is -0.137. The third-order valence-corrected chi connectivity index (χ3v) is 2.79. The monoisotopic (exact) mass is 291 g/mol. The van der Waals surface area contributed by atoms with E-state index in [1.807, 2.05) is 0 Å². The van der Waals surface area contributed by atoms with Gasteiger partial charge in [0.2, 0.25) is 0 Å². The molecule has 0 amide bonds. The maximum Gasteiger partial charge on any atom is 0.419 e. The molecule has 1 aromatic heterocycles. The van der Waals surface area contributed by atoms with Crippen LogP contribution in [0.3, 0.4) is 0 Å². The lowest BCUT2D eigenvalue weighted by atomic mass is 10.2.